The molecule has 0 fully saturated rings. The first-order valence-corrected chi connectivity index (χ1v) is 10.1. The molecule has 0 unspecified atom stereocenters. The molecule has 2 heterocycles. The van der Waals surface area contributed by atoms with Crippen LogP contribution in [-0.2, 0) is 0 Å². The Hall–Kier alpha value is -2.89. The predicted molar refractivity (Wildman–Crippen MR) is 123 cm³/mol. The topological polar surface area (TPSA) is 53.1 Å². The number of anilines is 2. The molecular weight excluding hydrogens is 382 g/mol. The minimum atomic E-state index is 0.705. The Labute approximate surface area is 175 Å². The monoisotopic (exact) mass is 405 g/mol. The fourth-order valence-corrected chi connectivity index (χ4v) is 3.57. The number of pyridine rings is 2. The number of fused-ring (bicyclic) bond motifs is 2. The minimum absolute atomic E-state index is 0.705. The van der Waals surface area contributed by atoms with Gasteiger partial charge >= 0.3 is 0 Å². The average molecular weight is 406 g/mol. The van der Waals surface area contributed by atoms with Crippen LogP contribution in [0.3, 0.4) is 0 Å². The zero-order valence-corrected chi connectivity index (χ0v) is 17.2. The lowest BCUT2D eigenvalue weighted by molar-refractivity contribution is 0.361. The molecule has 0 aliphatic rings. The van der Waals surface area contributed by atoms with E-state index in [0.29, 0.717) is 5.02 Å². The maximum absolute atomic E-state index is 6.07. The summed E-state index contributed by atoms with van der Waals surface area (Å²) in [5.74, 6) is 0. The molecule has 0 amide bonds. The van der Waals surface area contributed by atoms with Crippen LogP contribution in [0.1, 0.15) is 0 Å². The number of hydrogen-bond donors (Lipinski definition) is 2. The number of para-hydroxylation sites is 1. The maximum Gasteiger partial charge on any atom is 0.0737 e. The number of aromatic nitrogens is 2. The molecule has 2 aromatic heterocycles. The van der Waals surface area contributed by atoms with Crippen LogP contribution in [-0.4, -0.2) is 48.1 Å². The zero-order chi connectivity index (χ0) is 20.1. The van der Waals surface area contributed by atoms with E-state index in [1.807, 2.05) is 60.9 Å². The summed E-state index contributed by atoms with van der Waals surface area (Å²) >= 11 is 6.07. The second-order valence-electron chi connectivity index (χ2n) is 7.05. The number of rotatable bonds is 8. The predicted octanol–water partition coefficient (Wildman–Crippen LogP) is 4.89. The SMILES string of the molecule is CN(CCNc1ccnc2ccccc12)CCNc1ccnc2cc(Cl)ccc12. The van der Waals surface area contributed by atoms with Gasteiger partial charge < -0.3 is 15.5 Å². The molecule has 0 saturated heterocycles. The van der Waals surface area contributed by atoms with Gasteiger partial charge in [-0.25, -0.2) is 0 Å². The second-order valence-corrected chi connectivity index (χ2v) is 7.49. The fourth-order valence-electron chi connectivity index (χ4n) is 3.40. The molecule has 5 nitrogen and oxygen atoms in total. The van der Waals surface area contributed by atoms with Gasteiger partial charge in [0.05, 0.1) is 11.0 Å². The van der Waals surface area contributed by atoms with Crippen LogP contribution in [0, 0.1) is 0 Å². The third kappa shape index (κ3) is 4.75. The van der Waals surface area contributed by atoms with Crippen molar-refractivity contribution in [1.29, 1.82) is 0 Å². The van der Waals surface area contributed by atoms with Crippen LogP contribution < -0.4 is 10.6 Å². The van der Waals surface area contributed by atoms with Crippen molar-refractivity contribution in [3.63, 3.8) is 0 Å². The van der Waals surface area contributed by atoms with Crippen molar-refractivity contribution in [2.45, 2.75) is 0 Å². The molecule has 4 aromatic rings. The van der Waals surface area contributed by atoms with Crippen LogP contribution in [0.25, 0.3) is 21.8 Å². The number of likely N-dealkylation sites (N-methyl/N-ethyl adjacent to an activating group) is 1. The van der Waals surface area contributed by atoms with Crippen LogP contribution in [0.2, 0.25) is 5.02 Å². The van der Waals surface area contributed by atoms with E-state index >= 15 is 0 Å². The van der Waals surface area contributed by atoms with Gasteiger partial charge in [0.2, 0.25) is 0 Å². The molecule has 2 aromatic carbocycles. The Bertz CT molecular complexity index is 1110. The highest BCUT2D eigenvalue weighted by Crippen LogP contribution is 2.24. The molecule has 0 radical (unpaired) electrons. The number of halogens is 1. The lowest BCUT2D eigenvalue weighted by Crippen LogP contribution is -2.29. The number of hydrogen-bond acceptors (Lipinski definition) is 5. The summed E-state index contributed by atoms with van der Waals surface area (Å²) in [5, 5.41) is 10.0. The van der Waals surface area contributed by atoms with E-state index in [9.17, 15) is 0 Å². The van der Waals surface area contributed by atoms with Gasteiger partial charge in [-0.1, -0.05) is 29.8 Å². The van der Waals surface area contributed by atoms with E-state index in [-0.39, 0.29) is 0 Å². The molecule has 0 aliphatic heterocycles. The average Bonchev–Trinajstić information content (AvgIpc) is 2.74. The molecule has 0 saturated carbocycles. The first-order valence-electron chi connectivity index (χ1n) is 9.75. The molecule has 0 aliphatic carbocycles. The van der Waals surface area contributed by atoms with Crippen LogP contribution >= 0.6 is 11.6 Å². The van der Waals surface area contributed by atoms with Crippen molar-refractivity contribution in [2.24, 2.45) is 0 Å². The first kappa shape index (κ1) is 19.4. The van der Waals surface area contributed by atoms with Gasteiger partial charge in [0.25, 0.3) is 0 Å². The second kappa shape index (κ2) is 9.07. The summed E-state index contributed by atoms with van der Waals surface area (Å²) in [5.41, 5.74) is 4.14. The van der Waals surface area contributed by atoms with E-state index in [1.54, 1.807) is 0 Å². The Morgan fingerprint density at radius 3 is 2.14 bits per heavy atom. The van der Waals surface area contributed by atoms with Gasteiger partial charge in [0, 0.05) is 65.7 Å². The molecular formula is C23H24ClN5. The number of nitrogens with one attached hydrogen (secondary N) is 2. The van der Waals surface area contributed by atoms with Crippen molar-refractivity contribution < 1.29 is 0 Å². The minimum Gasteiger partial charge on any atom is -0.383 e. The molecule has 6 heteroatoms. The summed E-state index contributed by atoms with van der Waals surface area (Å²) < 4.78 is 0. The van der Waals surface area contributed by atoms with E-state index in [4.69, 9.17) is 11.6 Å². The van der Waals surface area contributed by atoms with E-state index < -0.39 is 0 Å². The summed E-state index contributed by atoms with van der Waals surface area (Å²) in [6.07, 6.45) is 3.66. The van der Waals surface area contributed by atoms with E-state index in [0.717, 1.165) is 59.4 Å². The quantitative estimate of drug-likeness (QED) is 0.437. The van der Waals surface area contributed by atoms with Crippen LogP contribution in [0.5, 0.6) is 0 Å². The third-order valence-electron chi connectivity index (χ3n) is 4.97. The van der Waals surface area contributed by atoms with Gasteiger partial charge in [0.1, 0.15) is 0 Å². The standard InChI is InChI=1S/C23H24ClN5/c1-29(14-12-27-21-8-10-25-20-5-3-2-4-18(20)21)15-13-28-22-9-11-26-23-16-17(24)6-7-19(22)23/h2-11,16H,12-15H2,1H3,(H,25,27)(H,26,28). The summed E-state index contributed by atoms with van der Waals surface area (Å²) in [6, 6.07) is 18.0. The fraction of sp³-hybridized carbons (Fsp3) is 0.217. The van der Waals surface area contributed by atoms with Crippen LogP contribution in [0.4, 0.5) is 11.4 Å². The molecule has 0 spiro atoms. The van der Waals surface area contributed by atoms with E-state index in [1.165, 1.54) is 0 Å². The largest absolute Gasteiger partial charge is 0.383 e. The Balaban J connectivity index is 1.27. The smallest absolute Gasteiger partial charge is 0.0737 e. The Morgan fingerprint density at radius 2 is 1.41 bits per heavy atom. The lowest BCUT2D eigenvalue weighted by atomic mass is 10.2. The van der Waals surface area contributed by atoms with Gasteiger partial charge in [-0.3, -0.25) is 9.97 Å². The maximum atomic E-state index is 6.07. The Morgan fingerprint density at radius 1 is 0.793 bits per heavy atom. The molecule has 0 atom stereocenters. The number of nitrogens with zero attached hydrogens (tertiary/aromatic N) is 3. The van der Waals surface area contributed by atoms with Crippen molar-refractivity contribution in [2.75, 3.05) is 43.9 Å². The normalized spacial score (nSPS) is 11.3. The Kier molecular flexibility index (Phi) is 6.08. The highest BCUT2D eigenvalue weighted by molar-refractivity contribution is 6.31. The van der Waals surface area contributed by atoms with Crippen LogP contribution in [0.15, 0.2) is 67.0 Å². The molecule has 0 bridgehead atoms. The summed E-state index contributed by atoms with van der Waals surface area (Å²) in [7, 11) is 2.14. The molecule has 29 heavy (non-hydrogen) atoms. The van der Waals surface area contributed by atoms with Gasteiger partial charge in [-0.15, -0.1) is 0 Å². The van der Waals surface area contributed by atoms with Gasteiger partial charge in [-0.05, 0) is 43.4 Å². The highest BCUT2D eigenvalue weighted by Gasteiger charge is 2.04. The van der Waals surface area contributed by atoms with Crippen molar-refractivity contribution in [3.05, 3.63) is 72.0 Å². The van der Waals surface area contributed by atoms with Gasteiger partial charge in [0.15, 0.2) is 0 Å². The third-order valence-corrected chi connectivity index (χ3v) is 5.21. The van der Waals surface area contributed by atoms with Crippen molar-refractivity contribution in [3.8, 4) is 0 Å². The summed E-state index contributed by atoms with van der Waals surface area (Å²) in [4.78, 5) is 11.1. The molecule has 148 valence electrons. The van der Waals surface area contributed by atoms with E-state index in [2.05, 4.69) is 38.6 Å². The van der Waals surface area contributed by atoms with Gasteiger partial charge in [-0.2, -0.15) is 0 Å². The first-order chi connectivity index (χ1) is 14.2. The zero-order valence-electron chi connectivity index (χ0n) is 16.4. The number of benzene rings is 2. The van der Waals surface area contributed by atoms with Crippen molar-refractivity contribution >= 4 is 44.8 Å². The van der Waals surface area contributed by atoms with Crippen molar-refractivity contribution in [1.82, 2.24) is 14.9 Å². The molecule has 4 rings (SSSR count). The summed E-state index contributed by atoms with van der Waals surface area (Å²) in [6.45, 7) is 3.62. The lowest BCUT2D eigenvalue weighted by Gasteiger charge is -2.19. The molecule has 2 N–H and O–H groups in total. The highest BCUT2D eigenvalue weighted by atomic mass is 35.5.